The molecule has 0 aliphatic rings. The zero-order valence-electron chi connectivity index (χ0n) is 13.6. The summed E-state index contributed by atoms with van der Waals surface area (Å²) in [7, 11) is 0. The molecule has 4 heteroatoms. The predicted octanol–water partition coefficient (Wildman–Crippen LogP) is 6.06. The normalized spacial score (nSPS) is 11.7. The summed E-state index contributed by atoms with van der Waals surface area (Å²) in [6.07, 6.45) is 4.88. The molecule has 0 radical (unpaired) electrons. The largest absolute Gasteiger partial charge is 0.491 e. The molecule has 1 aromatic rings. The van der Waals surface area contributed by atoms with Gasteiger partial charge < -0.3 is 10.1 Å². The molecule has 0 saturated heterocycles. The van der Waals surface area contributed by atoms with Gasteiger partial charge in [0.1, 0.15) is 5.75 Å². The van der Waals surface area contributed by atoms with Crippen molar-refractivity contribution < 1.29 is 4.74 Å². The molecule has 21 heavy (non-hydrogen) atoms. The van der Waals surface area contributed by atoms with Gasteiger partial charge in [0, 0.05) is 12.1 Å². The molecular weight excluding hydrogens is 394 g/mol. The molecule has 0 amide bonds. The zero-order chi connectivity index (χ0) is 15.9. The number of halogens is 2. The van der Waals surface area contributed by atoms with Gasteiger partial charge in [0.05, 0.1) is 15.6 Å². The number of nitrogens with one attached hydrogen (secondary N) is 1. The van der Waals surface area contributed by atoms with Gasteiger partial charge >= 0.3 is 0 Å². The van der Waals surface area contributed by atoms with Crippen LogP contribution in [0.2, 0.25) is 0 Å². The highest BCUT2D eigenvalue weighted by atomic mass is 79.9. The van der Waals surface area contributed by atoms with Crippen molar-refractivity contribution in [1.82, 2.24) is 5.32 Å². The molecule has 0 unspecified atom stereocenters. The topological polar surface area (TPSA) is 21.3 Å². The van der Waals surface area contributed by atoms with E-state index in [2.05, 4.69) is 77.0 Å². The molecule has 1 aromatic carbocycles. The molecule has 0 spiro atoms. The van der Waals surface area contributed by atoms with Gasteiger partial charge in [-0.1, -0.05) is 26.2 Å². The van der Waals surface area contributed by atoms with E-state index in [0.29, 0.717) is 0 Å². The van der Waals surface area contributed by atoms with E-state index < -0.39 is 0 Å². The van der Waals surface area contributed by atoms with Gasteiger partial charge in [0.15, 0.2) is 0 Å². The number of benzene rings is 1. The van der Waals surface area contributed by atoms with Crippen LogP contribution in [-0.4, -0.2) is 12.1 Å². The van der Waals surface area contributed by atoms with E-state index >= 15 is 0 Å². The molecular formula is C17H27Br2NO. The fourth-order valence-electron chi connectivity index (χ4n) is 1.92. The molecule has 1 rings (SSSR count). The van der Waals surface area contributed by atoms with Crippen molar-refractivity contribution in [3.63, 3.8) is 0 Å². The molecule has 0 aliphatic carbocycles. The molecule has 0 aromatic heterocycles. The van der Waals surface area contributed by atoms with Crippen molar-refractivity contribution in [3.05, 3.63) is 26.6 Å². The van der Waals surface area contributed by atoms with Gasteiger partial charge in [0.2, 0.25) is 0 Å². The van der Waals surface area contributed by atoms with Gasteiger partial charge in [-0.25, -0.2) is 0 Å². The standard InChI is InChI=1S/C17H27Br2NO/c1-5-6-7-8-9-21-16-14(18)10-13(11-15(16)19)12-20-17(2,3)4/h10-11,20H,5-9,12H2,1-4H3. The highest BCUT2D eigenvalue weighted by molar-refractivity contribution is 9.11. The van der Waals surface area contributed by atoms with Crippen LogP contribution in [0, 0.1) is 0 Å². The third-order valence-corrected chi connectivity index (χ3v) is 4.30. The van der Waals surface area contributed by atoms with Crippen LogP contribution >= 0.6 is 31.9 Å². The number of ether oxygens (including phenoxy) is 1. The quantitative estimate of drug-likeness (QED) is 0.516. The van der Waals surface area contributed by atoms with Crippen LogP contribution in [0.15, 0.2) is 21.1 Å². The minimum Gasteiger partial charge on any atom is -0.491 e. The lowest BCUT2D eigenvalue weighted by atomic mass is 10.1. The lowest BCUT2D eigenvalue weighted by Crippen LogP contribution is -2.35. The van der Waals surface area contributed by atoms with E-state index in [1.165, 1.54) is 24.8 Å². The summed E-state index contributed by atoms with van der Waals surface area (Å²) in [5, 5.41) is 3.50. The lowest BCUT2D eigenvalue weighted by Gasteiger charge is -2.21. The number of rotatable bonds is 8. The summed E-state index contributed by atoms with van der Waals surface area (Å²) in [5.41, 5.74) is 1.36. The number of hydrogen-bond acceptors (Lipinski definition) is 2. The van der Waals surface area contributed by atoms with Crippen molar-refractivity contribution in [2.75, 3.05) is 6.61 Å². The molecule has 2 nitrogen and oxygen atoms in total. The van der Waals surface area contributed by atoms with E-state index in [9.17, 15) is 0 Å². The monoisotopic (exact) mass is 419 g/mol. The maximum absolute atomic E-state index is 5.90. The fraction of sp³-hybridized carbons (Fsp3) is 0.647. The van der Waals surface area contributed by atoms with Gasteiger partial charge in [0.25, 0.3) is 0 Å². The Kier molecular flexibility index (Phi) is 8.28. The molecule has 0 fully saturated rings. The Morgan fingerprint density at radius 2 is 1.67 bits per heavy atom. The number of unbranched alkanes of at least 4 members (excludes halogenated alkanes) is 3. The van der Waals surface area contributed by atoms with Crippen LogP contribution in [0.3, 0.4) is 0 Å². The van der Waals surface area contributed by atoms with E-state index in [4.69, 9.17) is 4.74 Å². The maximum atomic E-state index is 5.90. The van der Waals surface area contributed by atoms with E-state index in [-0.39, 0.29) is 5.54 Å². The van der Waals surface area contributed by atoms with E-state index in [1.807, 2.05) is 0 Å². The Bertz CT molecular complexity index is 418. The smallest absolute Gasteiger partial charge is 0.147 e. The highest BCUT2D eigenvalue weighted by Gasteiger charge is 2.12. The summed E-state index contributed by atoms with van der Waals surface area (Å²) < 4.78 is 7.92. The molecule has 0 saturated carbocycles. The van der Waals surface area contributed by atoms with Crippen LogP contribution < -0.4 is 10.1 Å². The van der Waals surface area contributed by atoms with E-state index in [0.717, 1.165) is 34.3 Å². The maximum Gasteiger partial charge on any atom is 0.147 e. The number of hydrogen-bond donors (Lipinski definition) is 1. The minimum absolute atomic E-state index is 0.118. The Morgan fingerprint density at radius 3 is 2.19 bits per heavy atom. The average molecular weight is 421 g/mol. The second-order valence-electron chi connectivity index (χ2n) is 6.40. The minimum atomic E-state index is 0.118. The first-order valence-corrected chi connectivity index (χ1v) is 9.28. The highest BCUT2D eigenvalue weighted by Crippen LogP contribution is 2.35. The Labute approximate surface area is 146 Å². The first-order chi connectivity index (χ1) is 9.83. The molecule has 120 valence electrons. The predicted molar refractivity (Wildman–Crippen MR) is 98.1 cm³/mol. The third kappa shape index (κ3) is 7.66. The van der Waals surface area contributed by atoms with E-state index in [1.54, 1.807) is 0 Å². The first-order valence-electron chi connectivity index (χ1n) is 7.69. The van der Waals surface area contributed by atoms with Gasteiger partial charge in [-0.3, -0.25) is 0 Å². The van der Waals surface area contributed by atoms with Crippen molar-refractivity contribution >= 4 is 31.9 Å². The fourth-order valence-corrected chi connectivity index (χ4v) is 3.43. The Morgan fingerprint density at radius 1 is 1.05 bits per heavy atom. The summed E-state index contributed by atoms with van der Waals surface area (Å²) in [5.74, 6) is 0.908. The van der Waals surface area contributed by atoms with Gasteiger partial charge in [-0.2, -0.15) is 0 Å². The van der Waals surface area contributed by atoms with Crippen molar-refractivity contribution in [1.29, 1.82) is 0 Å². The van der Waals surface area contributed by atoms with Crippen LogP contribution in [-0.2, 0) is 6.54 Å². The lowest BCUT2D eigenvalue weighted by molar-refractivity contribution is 0.301. The van der Waals surface area contributed by atoms with Crippen molar-refractivity contribution in [2.45, 2.75) is 65.5 Å². The van der Waals surface area contributed by atoms with Crippen molar-refractivity contribution in [3.8, 4) is 5.75 Å². The van der Waals surface area contributed by atoms with Crippen LogP contribution in [0.4, 0.5) is 0 Å². The second-order valence-corrected chi connectivity index (χ2v) is 8.11. The Balaban J connectivity index is 2.58. The summed E-state index contributed by atoms with van der Waals surface area (Å²) in [4.78, 5) is 0. The first kappa shape index (κ1) is 19.0. The van der Waals surface area contributed by atoms with Gasteiger partial charge in [-0.15, -0.1) is 0 Å². The molecule has 1 N–H and O–H groups in total. The summed E-state index contributed by atoms with van der Waals surface area (Å²) in [6.45, 7) is 10.4. The van der Waals surface area contributed by atoms with Gasteiger partial charge in [-0.05, 0) is 76.7 Å². The molecule has 0 atom stereocenters. The second kappa shape index (κ2) is 9.16. The summed E-state index contributed by atoms with van der Waals surface area (Å²) >= 11 is 7.24. The molecule has 0 aliphatic heterocycles. The van der Waals surface area contributed by atoms with Crippen molar-refractivity contribution in [2.24, 2.45) is 0 Å². The van der Waals surface area contributed by atoms with Crippen LogP contribution in [0.1, 0.15) is 58.9 Å². The average Bonchev–Trinajstić information content (AvgIpc) is 2.38. The molecule has 0 bridgehead atoms. The molecule has 0 heterocycles. The zero-order valence-corrected chi connectivity index (χ0v) is 16.7. The summed E-state index contributed by atoms with van der Waals surface area (Å²) in [6, 6.07) is 4.26. The third-order valence-electron chi connectivity index (χ3n) is 3.13. The SMILES string of the molecule is CCCCCCOc1c(Br)cc(CNC(C)(C)C)cc1Br. The Hall–Kier alpha value is -0.0600. The van der Waals surface area contributed by atoms with Crippen LogP contribution in [0.25, 0.3) is 0 Å². The van der Waals surface area contributed by atoms with Crippen LogP contribution in [0.5, 0.6) is 5.75 Å².